The fourth-order valence-electron chi connectivity index (χ4n) is 1.57. The highest BCUT2D eigenvalue weighted by Crippen LogP contribution is 2.10. The van der Waals surface area contributed by atoms with Gasteiger partial charge >= 0.3 is 5.97 Å². The molecule has 0 aliphatic heterocycles. The topological polar surface area (TPSA) is 96.4 Å². The van der Waals surface area contributed by atoms with Gasteiger partial charge in [0.25, 0.3) is 0 Å². The Morgan fingerprint density at radius 3 is 2.52 bits per heavy atom. The zero-order valence-corrected chi connectivity index (χ0v) is 11.5. The summed E-state index contributed by atoms with van der Waals surface area (Å²) in [6.07, 6.45) is 1.28. The minimum absolute atomic E-state index is 0.0148. The number of carboxylic acid groups (broad SMARTS) is 1. The van der Waals surface area contributed by atoms with E-state index in [1.165, 1.54) is 18.3 Å². The number of halogens is 1. The van der Waals surface area contributed by atoms with Crippen LogP contribution in [0.15, 0.2) is 47.5 Å². The number of aromatic nitrogens is 1. The predicted octanol–water partition coefficient (Wildman–Crippen LogP) is 1.40. The van der Waals surface area contributed by atoms with Gasteiger partial charge in [-0.1, -0.05) is 0 Å². The molecule has 2 N–H and O–H groups in total. The van der Waals surface area contributed by atoms with E-state index in [2.05, 4.69) is 9.71 Å². The van der Waals surface area contributed by atoms with Crippen LogP contribution in [0.1, 0.15) is 16.1 Å². The lowest BCUT2D eigenvalue weighted by atomic mass is 10.2. The van der Waals surface area contributed by atoms with E-state index in [1.807, 2.05) is 0 Å². The molecule has 0 aliphatic rings. The van der Waals surface area contributed by atoms with E-state index < -0.39 is 21.8 Å². The van der Waals surface area contributed by atoms with Crippen LogP contribution in [0.4, 0.5) is 4.39 Å². The molecule has 0 aliphatic carbocycles. The molecule has 2 rings (SSSR count). The van der Waals surface area contributed by atoms with Gasteiger partial charge in [0, 0.05) is 6.20 Å². The second-order valence-corrected chi connectivity index (χ2v) is 5.89. The van der Waals surface area contributed by atoms with Crippen LogP contribution in [0.3, 0.4) is 0 Å². The maximum atomic E-state index is 12.8. The summed E-state index contributed by atoms with van der Waals surface area (Å²) in [4.78, 5) is 14.6. The quantitative estimate of drug-likeness (QED) is 0.870. The number of rotatable bonds is 5. The van der Waals surface area contributed by atoms with Crippen molar-refractivity contribution in [2.75, 3.05) is 0 Å². The minimum atomic E-state index is -3.81. The average molecular weight is 310 g/mol. The maximum Gasteiger partial charge on any atom is 0.335 e. The van der Waals surface area contributed by atoms with Gasteiger partial charge in [0.05, 0.1) is 22.7 Å². The maximum absolute atomic E-state index is 12.8. The molecule has 8 heteroatoms. The van der Waals surface area contributed by atoms with Crippen molar-refractivity contribution < 1.29 is 22.7 Å². The van der Waals surface area contributed by atoms with Crippen LogP contribution in [0.25, 0.3) is 0 Å². The Kier molecular flexibility index (Phi) is 4.29. The first-order chi connectivity index (χ1) is 9.88. The van der Waals surface area contributed by atoms with Crippen LogP contribution in [0.2, 0.25) is 0 Å². The predicted molar refractivity (Wildman–Crippen MR) is 71.6 cm³/mol. The molecule has 110 valence electrons. The van der Waals surface area contributed by atoms with Crippen LogP contribution in [0.5, 0.6) is 0 Å². The Morgan fingerprint density at radius 1 is 1.24 bits per heavy atom. The van der Waals surface area contributed by atoms with Crippen LogP contribution in [-0.4, -0.2) is 24.5 Å². The third kappa shape index (κ3) is 3.83. The first-order valence-corrected chi connectivity index (χ1v) is 7.30. The first-order valence-electron chi connectivity index (χ1n) is 5.82. The monoisotopic (exact) mass is 310 g/mol. The molecular weight excluding hydrogens is 299 g/mol. The molecule has 0 saturated heterocycles. The van der Waals surface area contributed by atoms with Crippen molar-refractivity contribution in [2.24, 2.45) is 0 Å². The van der Waals surface area contributed by atoms with E-state index in [0.29, 0.717) is 0 Å². The second kappa shape index (κ2) is 5.98. The van der Waals surface area contributed by atoms with E-state index in [1.54, 1.807) is 0 Å². The second-order valence-electron chi connectivity index (χ2n) is 4.12. The summed E-state index contributed by atoms with van der Waals surface area (Å²) in [5.74, 6) is -1.66. The SMILES string of the molecule is O=C(O)c1ccnc(CNS(=O)(=O)c2ccc(F)cc2)c1. The fourth-order valence-corrected chi connectivity index (χ4v) is 2.57. The zero-order chi connectivity index (χ0) is 15.5. The Bertz CT molecular complexity index is 760. The van der Waals surface area contributed by atoms with E-state index in [-0.39, 0.29) is 22.7 Å². The van der Waals surface area contributed by atoms with Crippen LogP contribution < -0.4 is 4.72 Å². The van der Waals surface area contributed by atoms with Gasteiger partial charge in [-0.05, 0) is 36.4 Å². The summed E-state index contributed by atoms with van der Waals surface area (Å²) < 4.78 is 39.0. The molecule has 6 nitrogen and oxygen atoms in total. The number of nitrogens with zero attached hydrogens (tertiary/aromatic N) is 1. The van der Waals surface area contributed by atoms with E-state index in [4.69, 9.17) is 5.11 Å². The Morgan fingerprint density at radius 2 is 1.90 bits per heavy atom. The van der Waals surface area contributed by atoms with Gasteiger partial charge in [0.2, 0.25) is 10.0 Å². The van der Waals surface area contributed by atoms with Crippen LogP contribution >= 0.6 is 0 Å². The number of benzene rings is 1. The fraction of sp³-hybridized carbons (Fsp3) is 0.0769. The number of carbonyl (C=O) groups is 1. The number of carboxylic acids is 1. The minimum Gasteiger partial charge on any atom is -0.478 e. The molecule has 0 radical (unpaired) electrons. The molecule has 0 spiro atoms. The third-order valence-electron chi connectivity index (χ3n) is 2.63. The smallest absolute Gasteiger partial charge is 0.335 e. The molecule has 0 amide bonds. The molecule has 21 heavy (non-hydrogen) atoms. The lowest BCUT2D eigenvalue weighted by Crippen LogP contribution is -2.23. The van der Waals surface area contributed by atoms with Crippen LogP contribution in [0, 0.1) is 5.82 Å². The summed E-state index contributed by atoms with van der Waals surface area (Å²) in [7, 11) is -3.81. The summed E-state index contributed by atoms with van der Waals surface area (Å²) in [6, 6.07) is 6.93. The van der Waals surface area contributed by atoms with Gasteiger partial charge in [-0.15, -0.1) is 0 Å². The highest BCUT2D eigenvalue weighted by atomic mass is 32.2. The Balaban J connectivity index is 2.13. The average Bonchev–Trinajstić information content (AvgIpc) is 2.46. The molecule has 0 bridgehead atoms. The largest absolute Gasteiger partial charge is 0.478 e. The Labute approximate surface area is 120 Å². The van der Waals surface area contributed by atoms with Gasteiger partial charge in [-0.3, -0.25) is 4.98 Å². The molecule has 2 aromatic rings. The lowest BCUT2D eigenvalue weighted by Gasteiger charge is -2.06. The third-order valence-corrected chi connectivity index (χ3v) is 4.05. The van der Waals surface area contributed by atoms with Gasteiger partial charge in [-0.25, -0.2) is 22.3 Å². The number of sulfonamides is 1. The molecular formula is C13H11FN2O4S. The van der Waals surface area contributed by atoms with E-state index >= 15 is 0 Å². The summed E-state index contributed by atoms with van der Waals surface area (Å²) in [6.45, 7) is -0.166. The van der Waals surface area contributed by atoms with E-state index in [9.17, 15) is 17.6 Å². The molecule has 0 fully saturated rings. The number of hydrogen-bond acceptors (Lipinski definition) is 4. The van der Waals surface area contributed by atoms with Crippen molar-refractivity contribution in [1.82, 2.24) is 9.71 Å². The molecule has 0 unspecified atom stereocenters. The molecule has 1 aromatic heterocycles. The number of hydrogen-bond donors (Lipinski definition) is 2. The first kappa shape index (κ1) is 15.1. The molecule has 1 heterocycles. The highest BCUT2D eigenvalue weighted by Gasteiger charge is 2.14. The number of aromatic carboxylic acids is 1. The summed E-state index contributed by atoms with van der Waals surface area (Å²) in [5.41, 5.74) is 0.279. The van der Waals surface area contributed by atoms with Gasteiger partial charge in [0.1, 0.15) is 5.82 Å². The summed E-state index contributed by atoms with van der Waals surface area (Å²) >= 11 is 0. The van der Waals surface area contributed by atoms with Crippen molar-refractivity contribution in [3.05, 3.63) is 59.7 Å². The zero-order valence-electron chi connectivity index (χ0n) is 10.7. The standard InChI is InChI=1S/C13H11FN2O4S/c14-10-1-3-12(4-2-10)21(19,20)16-8-11-7-9(13(17)18)5-6-15-11/h1-7,16H,8H2,(H,17,18). The number of pyridine rings is 1. The normalized spacial score (nSPS) is 11.3. The lowest BCUT2D eigenvalue weighted by molar-refractivity contribution is 0.0696. The van der Waals surface area contributed by atoms with Gasteiger partial charge < -0.3 is 5.11 Å². The summed E-state index contributed by atoms with van der Waals surface area (Å²) in [5, 5.41) is 8.84. The van der Waals surface area contributed by atoms with Crippen LogP contribution in [-0.2, 0) is 16.6 Å². The van der Waals surface area contributed by atoms with Crippen molar-refractivity contribution in [3.8, 4) is 0 Å². The van der Waals surface area contributed by atoms with Gasteiger partial charge in [0.15, 0.2) is 0 Å². The van der Waals surface area contributed by atoms with Crippen molar-refractivity contribution in [2.45, 2.75) is 11.4 Å². The van der Waals surface area contributed by atoms with Crippen molar-refractivity contribution in [3.63, 3.8) is 0 Å². The van der Waals surface area contributed by atoms with Gasteiger partial charge in [-0.2, -0.15) is 0 Å². The Hall–Kier alpha value is -2.32. The molecule has 0 atom stereocenters. The molecule has 1 aromatic carbocycles. The van der Waals surface area contributed by atoms with Crippen molar-refractivity contribution >= 4 is 16.0 Å². The molecule has 0 saturated carbocycles. The highest BCUT2D eigenvalue weighted by molar-refractivity contribution is 7.89. The van der Waals surface area contributed by atoms with Crippen molar-refractivity contribution in [1.29, 1.82) is 0 Å². The van der Waals surface area contributed by atoms with E-state index in [0.717, 1.165) is 24.3 Å². The number of nitrogens with one attached hydrogen (secondary N) is 1.